The number of ether oxygens (including phenoxy) is 1. The molecule has 1 unspecified atom stereocenters. The van der Waals surface area contributed by atoms with E-state index in [1.807, 2.05) is 45.0 Å². The summed E-state index contributed by atoms with van der Waals surface area (Å²) in [6.45, 7) is 6.44. The minimum atomic E-state index is -0.480. The zero-order valence-electron chi connectivity index (χ0n) is 12.9. The number of benzene rings is 1. The van der Waals surface area contributed by atoms with Crippen molar-refractivity contribution >= 4 is 5.91 Å². The molecule has 0 saturated carbocycles. The second-order valence-corrected chi connectivity index (χ2v) is 5.89. The molecule has 0 saturated heterocycles. The average molecular weight is 278 g/mol. The smallest absolute Gasteiger partial charge is 0.225 e. The molecule has 1 aromatic carbocycles. The van der Waals surface area contributed by atoms with Crippen molar-refractivity contribution < 1.29 is 9.53 Å². The molecule has 4 nitrogen and oxygen atoms in total. The second kappa shape index (κ2) is 7.29. The number of hydrogen-bond donors (Lipinski definition) is 2. The molecule has 0 radical (unpaired) electrons. The molecule has 0 aromatic heterocycles. The van der Waals surface area contributed by atoms with Crippen molar-refractivity contribution in [2.75, 3.05) is 13.7 Å². The van der Waals surface area contributed by atoms with Gasteiger partial charge in [0.2, 0.25) is 5.91 Å². The summed E-state index contributed by atoms with van der Waals surface area (Å²) in [5.74, 6) is 0.869. The van der Waals surface area contributed by atoms with Crippen molar-refractivity contribution in [1.82, 2.24) is 5.32 Å². The number of amides is 1. The second-order valence-electron chi connectivity index (χ2n) is 5.89. The molecule has 4 heteroatoms. The van der Waals surface area contributed by atoms with Crippen LogP contribution in [0.2, 0.25) is 0 Å². The SMILES string of the molecule is COc1ccccc1CC(C)(C)C(=O)NCCC(C)N. The number of rotatable bonds is 7. The van der Waals surface area contributed by atoms with Gasteiger partial charge in [0.15, 0.2) is 0 Å². The maximum Gasteiger partial charge on any atom is 0.225 e. The summed E-state index contributed by atoms with van der Waals surface area (Å²) in [6.07, 6.45) is 1.43. The first-order chi connectivity index (χ1) is 9.36. The van der Waals surface area contributed by atoms with Gasteiger partial charge in [-0.05, 0) is 31.4 Å². The van der Waals surface area contributed by atoms with Gasteiger partial charge in [0, 0.05) is 18.0 Å². The first-order valence-electron chi connectivity index (χ1n) is 7.02. The fourth-order valence-electron chi connectivity index (χ4n) is 2.06. The molecule has 3 N–H and O–H groups in total. The zero-order chi connectivity index (χ0) is 15.2. The Kier molecular flexibility index (Phi) is 6.02. The predicted molar refractivity (Wildman–Crippen MR) is 81.8 cm³/mol. The van der Waals surface area contributed by atoms with E-state index in [0.717, 1.165) is 17.7 Å². The summed E-state index contributed by atoms with van der Waals surface area (Å²) < 4.78 is 5.34. The Bertz CT molecular complexity index is 442. The summed E-state index contributed by atoms with van der Waals surface area (Å²) >= 11 is 0. The van der Waals surface area contributed by atoms with Gasteiger partial charge in [-0.15, -0.1) is 0 Å². The van der Waals surface area contributed by atoms with E-state index in [1.54, 1.807) is 7.11 Å². The van der Waals surface area contributed by atoms with Gasteiger partial charge in [-0.1, -0.05) is 32.0 Å². The Morgan fingerprint density at radius 2 is 2.05 bits per heavy atom. The van der Waals surface area contributed by atoms with Crippen LogP contribution >= 0.6 is 0 Å². The number of carbonyl (C=O) groups excluding carboxylic acids is 1. The third-order valence-corrected chi connectivity index (χ3v) is 3.32. The molecule has 1 aromatic rings. The van der Waals surface area contributed by atoms with E-state index in [9.17, 15) is 4.79 Å². The molecular formula is C16H26N2O2. The lowest BCUT2D eigenvalue weighted by Crippen LogP contribution is -2.40. The molecule has 0 aliphatic rings. The summed E-state index contributed by atoms with van der Waals surface area (Å²) in [6, 6.07) is 7.91. The van der Waals surface area contributed by atoms with Crippen molar-refractivity contribution in [1.29, 1.82) is 0 Å². The van der Waals surface area contributed by atoms with Crippen LogP contribution in [-0.4, -0.2) is 25.6 Å². The lowest BCUT2D eigenvalue weighted by Gasteiger charge is -2.24. The summed E-state index contributed by atoms with van der Waals surface area (Å²) in [7, 11) is 1.65. The molecule has 1 amide bonds. The van der Waals surface area contributed by atoms with Gasteiger partial charge in [0.05, 0.1) is 7.11 Å². The Balaban J connectivity index is 2.66. The third-order valence-electron chi connectivity index (χ3n) is 3.32. The Morgan fingerprint density at radius 1 is 1.40 bits per heavy atom. The molecule has 1 rings (SSSR count). The Morgan fingerprint density at radius 3 is 2.65 bits per heavy atom. The Labute approximate surface area is 121 Å². The highest BCUT2D eigenvalue weighted by Crippen LogP contribution is 2.27. The van der Waals surface area contributed by atoms with E-state index in [2.05, 4.69) is 5.32 Å². The van der Waals surface area contributed by atoms with Crippen LogP contribution in [-0.2, 0) is 11.2 Å². The lowest BCUT2D eigenvalue weighted by atomic mass is 9.84. The fraction of sp³-hybridized carbons (Fsp3) is 0.562. The van der Waals surface area contributed by atoms with E-state index >= 15 is 0 Å². The predicted octanol–water partition coefficient (Wildman–Crippen LogP) is 2.12. The topological polar surface area (TPSA) is 64.3 Å². The molecule has 0 fully saturated rings. The maximum absolute atomic E-state index is 12.3. The van der Waals surface area contributed by atoms with Crippen LogP contribution in [0.15, 0.2) is 24.3 Å². The highest BCUT2D eigenvalue weighted by Gasteiger charge is 2.28. The van der Waals surface area contributed by atoms with Crippen LogP contribution in [0.3, 0.4) is 0 Å². The van der Waals surface area contributed by atoms with Crippen LogP contribution in [0.4, 0.5) is 0 Å². The van der Waals surface area contributed by atoms with E-state index in [-0.39, 0.29) is 11.9 Å². The van der Waals surface area contributed by atoms with E-state index in [4.69, 9.17) is 10.5 Å². The quantitative estimate of drug-likeness (QED) is 0.803. The molecule has 0 bridgehead atoms. The van der Waals surface area contributed by atoms with Crippen LogP contribution < -0.4 is 15.8 Å². The molecule has 20 heavy (non-hydrogen) atoms. The van der Waals surface area contributed by atoms with Crippen LogP contribution in [0.25, 0.3) is 0 Å². The molecule has 1 atom stereocenters. The van der Waals surface area contributed by atoms with Gasteiger partial charge >= 0.3 is 0 Å². The summed E-state index contributed by atoms with van der Waals surface area (Å²) in [4.78, 5) is 12.3. The van der Waals surface area contributed by atoms with Crippen LogP contribution in [0.5, 0.6) is 5.75 Å². The largest absolute Gasteiger partial charge is 0.496 e. The number of carbonyl (C=O) groups is 1. The van der Waals surface area contributed by atoms with Gasteiger partial charge in [0.1, 0.15) is 5.75 Å². The molecule has 112 valence electrons. The summed E-state index contributed by atoms with van der Waals surface area (Å²) in [5, 5.41) is 2.95. The van der Waals surface area contributed by atoms with Crippen molar-refractivity contribution in [3.63, 3.8) is 0 Å². The molecule has 0 spiro atoms. The third kappa shape index (κ3) is 4.85. The first-order valence-corrected chi connectivity index (χ1v) is 7.02. The molecular weight excluding hydrogens is 252 g/mol. The number of nitrogens with one attached hydrogen (secondary N) is 1. The van der Waals surface area contributed by atoms with Crippen molar-refractivity contribution in [2.24, 2.45) is 11.1 Å². The number of methoxy groups -OCH3 is 1. The number of para-hydroxylation sites is 1. The van der Waals surface area contributed by atoms with E-state index in [0.29, 0.717) is 13.0 Å². The minimum absolute atomic E-state index is 0.0454. The maximum atomic E-state index is 12.3. The Hall–Kier alpha value is -1.55. The number of nitrogens with two attached hydrogens (primary N) is 1. The van der Waals surface area contributed by atoms with Gasteiger partial charge in [0.25, 0.3) is 0 Å². The van der Waals surface area contributed by atoms with Crippen LogP contribution in [0.1, 0.15) is 32.8 Å². The highest BCUT2D eigenvalue weighted by molar-refractivity contribution is 5.82. The van der Waals surface area contributed by atoms with E-state index < -0.39 is 5.41 Å². The summed E-state index contributed by atoms with van der Waals surface area (Å²) in [5.41, 5.74) is 6.25. The van der Waals surface area contributed by atoms with Crippen molar-refractivity contribution in [3.05, 3.63) is 29.8 Å². The average Bonchev–Trinajstić information content (AvgIpc) is 2.38. The fourth-order valence-corrected chi connectivity index (χ4v) is 2.06. The normalized spacial score (nSPS) is 12.8. The molecule has 0 heterocycles. The van der Waals surface area contributed by atoms with Gasteiger partial charge in [-0.3, -0.25) is 4.79 Å². The first kappa shape index (κ1) is 16.5. The van der Waals surface area contributed by atoms with Gasteiger partial charge < -0.3 is 15.8 Å². The van der Waals surface area contributed by atoms with Gasteiger partial charge in [-0.2, -0.15) is 0 Å². The van der Waals surface area contributed by atoms with Crippen molar-refractivity contribution in [3.8, 4) is 5.75 Å². The van der Waals surface area contributed by atoms with Gasteiger partial charge in [-0.25, -0.2) is 0 Å². The molecule has 0 aliphatic carbocycles. The monoisotopic (exact) mass is 278 g/mol. The number of hydrogen-bond acceptors (Lipinski definition) is 3. The van der Waals surface area contributed by atoms with Crippen molar-refractivity contribution in [2.45, 2.75) is 39.7 Å². The molecule has 0 aliphatic heterocycles. The van der Waals surface area contributed by atoms with E-state index in [1.165, 1.54) is 0 Å². The van der Waals surface area contributed by atoms with Crippen LogP contribution in [0, 0.1) is 5.41 Å². The lowest BCUT2D eigenvalue weighted by molar-refractivity contribution is -0.129. The zero-order valence-corrected chi connectivity index (χ0v) is 12.9. The minimum Gasteiger partial charge on any atom is -0.496 e. The highest BCUT2D eigenvalue weighted by atomic mass is 16.5. The standard InChI is InChI=1S/C16H26N2O2/c1-12(17)9-10-18-15(19)16(2,3)11-13-7-5-6-8-14(13)20-4/h5-8,12H,9-11,17H2,1-4H3,(H,18,19).